The molecule has 1 aromatic carbocycles. The summed E-state index contributed by atoms with van der Waals surface area (Å²) in [4.78, 5) is 21.9. The molecule has 0 bridgehead atoms. The molecule has 1 amide bonds. The fraction of sp³-hybridized carbons (Fsp3) is 0.273. The van der Waals surface area contributed by atoms with E-state index in [1.807, 2.05) is 0 Å². The van der Waals surface area contributed by atoms with E-state index in [0.29, 0.717) is 0 Å². The van der Waals surface area contributed by atoms with Gasteiger partial charge in [-0.2, -0.15) is 0 Å². The van der Waals surface area contributed by atoms with Crippen LogP contribution in [0.15, 0.2) is 18.2 Å². The number of halogens is 1. The highest BCUT2D eigenvalue weighted by Crippen LogP contribution is 2.30. The van der Waals surface area contributed by atoms with Crippen molar-refractivity contribution in [2.75, 3.05) is 5.32 Å². The summed E-state index contributed by atoms with van der Waals surface area (Å²) < 4.78 is 13.4. The normalized spacial score (nSPS) is 14.6. The standard InChI is InChI=1S/C11H10FNO3/c12-8-5-7(11(15)16)3-4-9(8)13-10(14)6-1-2-6/h3-6H,1-2H2,(H,13,14)(H,15,16). The minimum Gasteiger partial charge on any atom is -0.478 e. The molecule has 1 aliphatic carbocycles. The fourth-order valence-electron chi connectivity index (χ4n) is 1.33. The van der Waals surface area contributed by atoms with E-state index >= 15 is 0 Å². The molecule has 1 aromatic rings. The van der Waals surface area contributed by atoms with Crippen LogP contribution in [0.5, 0.6) is 0 Å². The van der Waals surface area contributed by atoms with Crippen LogP contribution in [0.1, 0.15) is 23.2 Å². The van der Waals surface area contributed by atoms with Crippen molar-refractivity contribution in [3.63, 3.8) is 0 Å². The second-order valence-corrected chi connectivity index (χ2v) is 3.76. The highest BCUT2D eigenvalue weighted by atomic mass is 19.1. The first-order chi connectivity index (χ1) is 7.58. The second kappa shape index (κ2) is 3.92. The van der Waals surface area contributed by atoms with Gasteiger partial charge >= 0.3 is 5.97 Å². The van der Waals surface area contributed by atoms with Crippen LogP contribution in [0.25, 0.3) is 0 Å². The average Bonchev–Trinajstić information content (AvgIpc) is 3.03. The summed E-state index contributed by atoms with van der Waals surface area (Å²) in [6.45, 7) is 0. The molecule has 0 spiro atoms. The van der Waals surface area contributed by atoms with E-state index < -0.39 is 11.8 Å². The van der Waals surface area contributed by atoms with E-state index in [0.717, 1.165) is 18.9 Å². The Morgan fingerprint density at radius 3 is 2.56 bits per heavy atom. The number of carboxylic acids is 1. The first kappa shape index (κ1) is 10.6. The van der Waals surface area contributed by atoms with Crippen molar-refractivity contribution in [3.8, 4) is 0 Å². The average molecular weight is 223 g/mol. The predicted octanol–water partition coefficient (Wildman–Crippen LogP) is 1.87. The molecule has 1 saturated carbocycles. The molecule has 4 nitrogen and oxygen atoms in total. The SMILES string of the molecule is O=C(O)c1ccc(NC(=O)C2CC2)c(F)c1. The Balaban J connectivity index is 2.15. The summed E-state index contributed by atoms with van der Waals surface area (Å²) in [6, 6.07) is 3.41. The Hall–Kier alpha value is -1.91. The molecule has 0 aromatic heterocycles. The molecule has 0 unspecified atom stereocenters. The number of benzene rings is 1. The molecular formula is C11H10FNO3. The summed E-state index contributed by atoms with van der Waals surface area (Å²) in [5, 5.41) is 11.1. The maximum absolute atomic E-state index is 13.4. The molecule has 2 rings (SSSR count). The second-order valence-electron chi connectivity index (χ2n) is 3.76. The number of anilines is 1. The number of nitrogens with one attached hydrogen (secondary N) is 1. The zero-order valence-corrected chi connectivity index (χ0v) is 8.37. The number of rotatable bonds is 3. The van der Waals surface area contributed by atoms with Crippen molar-refractivity contribution in [2.45, 2.75) is 12.8 Å². The lowest BCUT2D eigenvalue weighted by Gasteiger charge is -2.05. The van der Waals surface area contributed by atoms with E-state index in [9.17, 15) is 14.0 Å². The smallest absolute Gasteiger partial charge is 0.335 e. The highest BCUT2D eigenvalue weighted by molar-refractivity contribution is 5.95. The largest absolute Gasteiger partial charge is 0.478 e. The maximum atomic E-state index is 13.4. The Kier molecular flexibility index (Phi) is 2.60. The topological polar surface area (TPSA) is 66.4 Å². The van der Waals surface area contributed by atoms with Crippen molar-refractivity contribution in [1.29, 1.82) is 0 Å². The molecule has 1 aliphatic rings. The van der Waals surface area contributed by atoms with E-state index in [-0.39, 0.29) is 23.1 Å². The first-order valence-corrected chi connectivity index (χ1v) is 4.91. The number of hydrogen-bond acceptors (Lipinski definition) is 2. The van der Waals surface area contributed by atoms with Gasteiger partial charge in [-0.25, -0.2) is 9.18 Å². The Labute approximate surface area is 91.1 Å². The lowest BCUT2D eigenvalue weighted by atomic mass is 10.2. The molecule has 0 radical (unpaired) electrons. The molecule has 5 heteroatoms. The first-order valence-electron chi connectivity index (χ1n) is 4.91. The zero-order valence-electron chi connectivity index (χ0n) is 8.37. The van der Waals surface area contributed by atoms with Gasteiger partial charge in [0.25, 0.3) is 0 Å². The summed E-state index contributed by atoms with van der Waals surface area (Å²) >= 11 is 0. The maximum Gasteiger partial charge on any atom is 0.335 e. The molecule has 0 heterocycles. The van der Waals surface area contributed by atoms with Crippen LogP contribution in [0.4, 0.5) is 10.1 Å². The van der Waals surface area contributed by atoms with Crippen LogP contribution < -0.4 is 5.32 Å². The molecule has 84 valence electrons. The molecule has 0 aliphatic heterocycles. The lowest BCUT2D eigenvalue weighted by molar-refractivity contribution is -0.117. The quantitative estimate of drug-likeness (QED) is 0.822. The predicted molar refractivity (Wildman–Crippen MR) is 54.7 cm³/mol. The van der Waals surface area contributed by atoms with Gasteiger partial charge in [0.15, 0.2) is 0 Å². The summed E-state index contributed by atoms with van der Waals surface area (Å²) in [7, 11) is 0. The Morgan fingerprint density at radius 2 is 2.06 bits per heavy atom. The van der Waals surface area contributed by atoms with Crippen LogP contribution in [-0.4, -0.2) is 17.0 Å². The molecular weight excluding hydrogens is 213 g/mol. The van der Waals surface area contributed by atoms with Crippen LogP contribution >= 0.6 is 0 Å². The van der Waals surface area contributed by atoms with Gasteiger partial charge in [0.1, 0.15) is 5.82 Å². The molecule has 16 heavy (non-hydrogen) atoms. The van der Waals surface area contributed by atoms with Gasteiger partial charge in [-0.05, 0) is 31.0 Å². The van der Waals surface area contributed by atoms with Crippen molar-refractivity contribution in [3.05, 3.63) is 29.6 Å². The van der Waals surface area contributed by atoms with Crippen molar-refractivity contribution in [2.24, 2.45) is 5.92 Å². The number of carbonyl (C=O) groups is 2. The van der Waals surface area contributed by atoms with Gasteiger partial charge in [-0.3, -0.25) is 4.79 Å². The van der Waals surface area contributed by atoms with E-state index in [1.54, 1.807) is 0 Å². The third-order valence-corrected chi connectivity index (χ3v) is 2.42. The highest BCUT2D eigenvalue weighted by Gasteiger charge is 2.30. The van der Waals surface area contributed by atoms with Crippen LogP contribution in [0, 0.1) is 11.7 Å². The number of hydrogen-bond donors (Lipinski definition) is 2. The van der Waals surface area contributed by atoms with Gasteiger partial charge in [-0.15, -0.1) is 0 Å². The minimum absolute atomic E-state index is 0.0152. The van der Waals surface area contributed by atoms with E-state index in [2.05, 4.69) is 5.32 Å². The summed E-state index contributed by atoms with van der Waals surface area (Å²) in [5.74, 6) is -2.15. The van der Waals surface area contributed by atoms with Crippen molar-refractivity contribution < 1.29 is 19.1 Å². The third-order valence-electron chi connectivity index (χ3n) is 2.42. The monoisotopic (exact) mass is 223 g/mol. The zero-order chi connectivity index (χ0) is 11.7. The van der Waals surface area contributed by atoms with Gasteiger partial charge in [0, 0.05) is 5.92 Å². The number of carbonyl (C=O) groups excluding carboxylic acids is 1. The van der Waals surface area contributed by atoms with Crippen molar-refractivity contribution >= 4 is 17.6 Å². The van der Waals surface area contributed by atoms with Gasteiger partial charge < -0.3 is 10.4 Å². The number of aromatic carboxylic acids is 1. The van der Waals surface area contributed by atoms with Crippen LogP contribution in [0.3, 0.4) is 0 Å². The molecule has 0 atom stereocenters. The lowest BCUT2D eigenvalue weighted by Crippen LogP contribution is -2.14. The summed E-state index contributed by atoms with van der Waals surface area (Å²) in [6.07, 6.45) is 1.67. The van der Waals surface area contributed by atoms with Crippen LogP contribution in [-0.2, 0) is 4.79 Å². The molecule has 1 fully saturated rings. The fourth-order valence-corrected chi connectivity index (χ4v) is 1.33. The van der Waals surface area contributed by atoms with Crippen molar-refractivity contribution in [1.82, 2.24) is 0 Å². The Bertz CT molecular complexity index is 455. The van der Waals surface area contributed by atoms with E-state index in [1.165, 1.54) is 12.1 Å². The Morgan fingerprint density at radius 1 is 1.38 bits per heavy atom. The minimum atomic E-state index is -1.20. The number of carboxylic acid groups (broad SMARTS) is 1. The number of amides is 1. The molecule has 2 N–H and O–H groups in total. The molecule has 0 saturated heterocycles. The summed E-state index contributed by atoms with van der Waals surface area (Å²) in [5.41, 5.74) is -0.108. The van der Waals surface area contributed by atoms with E-state index in [4.69, 9.17) is 5.11 Å². The third kappa shape index (κ3) is 2.18. The van der Waals surface area contributed by atoms with Gasteiger partial charge in [0.05, 0.1) is 11.3 Å². The van der Waals surface area contributed by atoms with Gasteiger partial charge in [-0.1, -0.05) is 0 Å². The van der Waals surface area contributed by atoms with Gasteiger partial charge in [0.2, 0.25) is 5.91 Å². The van der Waals surface area contributed by atoms with Crippen LogP contribution in [0.2, 0.25) is 0 Å².